The van der Waals surface area contributed by atoms with Gasteiger partial charge in [0.15, 0.2) is 0 Å². The third-order valence-corrected chi connectivity index (χ3v) is 3.76. The van der Waals surface area contributed by atoms with Gasteiger partial charge in [-0.05, 0) is 0 Å². The van der Waals surface area contributed by atoms with E-state index in [0.717, 1.165) is 22.1 Å². The Kier molecular flexibility index (Phi) is 2.65. The summed E-state index contributed by atoms with van der Waals surface area (Å²) < 4.78 is 9.45. The van der Waals surface area contributed by atoms with Crippen LogP contribution in [0.3, 0.4) is 0 Å². The molecule has 0 atom stereocenters. The average Bonchev–Trinajstić information content (AvgIpc) is 1.77. The van der Waals surface area contributed by atoms with E-state index in [9.17, 15) is 0 Å². The molecule has 2 nitrogen and oxygen atoms in total. The summed E-state index contributed by atoms with van der Waals surface area (Å²) in [5.74, 6) is 0. The van der Waals surface area contributed by atoms with Gasteiger partial charge in [-0.15, -0.1) is 0 Å². The zero-order chi connectivity index (χ0) is 6.91. The second kappa shape index (κ2) is 2.94. The first kappa shape index (κ1) is 8.11. The first-order valence-corrected chi connectivity index (χ1v) is 4.55. The molecule has 1 aliphatic rings. The van der Waals surface area contributed by atoms with Crippen molar-refractivity contribution in [3.63, 3.8) is 0 Å². The van der Waals surface area contributed by atoms with Crippen LogP contribution in [0.4, 0.5) is 0 Å². The van der Waals surface area contributed by atoms with Gasteiger partial charge in [0, 0.05) is 0 Å². The number of rotatable bonds is 0. The monoisotopic (exact) mass is 274 g/mol. The zero-order valence-corrected chi connectivity index (χ0v) is 8.85. The van der Waals surface area contributed by atoms with Gasteiger partial charge in [0.1, 0.15) is 0 Å². The van der Waals surface area contributed by atoms with Gasteiger partial charge in [0.2, 0.25) is 0 Å². The van der Waals surface area contributed by atoms with Crippen LogP contribution >= 0.6 is 23.2 Å². The van der Waals surface area contributed by atoms with Crippen LogP contribution in [0.1, 0.15) is 0 Å². The Morgan fingerprint density at radius 2 is 2.11 bits per heavy atom. The first-order valence-electron chi connectivity index (χ1n) is 2.36. The van der Waals surface area contributed by atoms with Crippen molar-refractivity contribution in [1.82, 2.24) is 0 Å². The summed E-state index contributed by atoms with van der Waals surface area (Å²) in [6, 6.07) is 0. The molecule has 0 aromatic heterocycles. The van der Waals surface area contributed by atoms with Crippen molar-refractivity contribution in [2.45, 2.75) is 4.52 Å². The Labute approximate surface area is 76.0 Å². The molecule has 0 unspecified atom stereocenters. The molecule has 1 aliphatic heterocycles. The fourth-order valence-electron chi connectivity index (χ4n) is 0.463. The maximum absolute atomic E-state index is 5.63. The van der Waals surface area contributed by atoms with Crippen molar-refractivity contribution in [2.75, 3.05) is 13.2 Å². The van der Waals surface area contributed by atoms with E-state index in [-0.39, 0.29) is 0 Å². The van der Waals surface area contributed by atoms with Crippen LogP contribution in [0.5, 0.6) is 0 Å². The van der Waals surface area contributed by atoms with E-state index in [2.05, 4.69) is 0 Å². The average molecular weight is 274 g/mol. The summed E-state index contributed by atoms with van der Waals surface area (Å²) in [4.78, 5) is 0. The maximum atomic E-state index is 5.63. The second-order valence-corrected chi connectivity index (χ2v) is 4.10. The van der Waals surface area contributed by atoms with Crippen LogP contribution in [-0.2, 0) is 9.47 Å². The number of alkyl halides is 2. The predicted molar refractivity (Wildman–Crippen MR) is 37.1 cm³/mol. The molecule has 0 aromatic carbocycles. The van der Waals surface area contributed by atoms with Crippen molar-refractivity contribution in [3.05, 3.63) is 0 Å². The van der Waals surface area contributed by atoms with Crippen molar-refractivity contribution in [3.8, 4) is 0 Å². The van der Waals surface area contributed by atoms with E-state index < -0.39 is 4.52 Å². The van der Waals surface area contributed by atoms with Gasteiger partial charge < -0.3 is 0 Å². The molecule has 5 heteroatoms. The van der Waals surface area contributed by atoms with Crippen LogP contribution in [0, 0.1) is 0 Å². The fourth-order valence-corrected chi connectivity index (χ4v) is 1.22. The molecule has 1 saturated heterocycles. The Hall–Kier alpha value is 1.01. The molecular weight excluding hydrogens is 270 g/mol. The standard InChI is InChI=1S/C4H4Cl2O2.Sn/c5-4(6)3-7-1-2-8-4;/h1-2H2;. The minimum atomic E-state index is -1.18. The molecule has 1 fully saturated rings. The SMILES string of the molecule is ClC1(Cl)OCCO[C]1=[Sn]. The third-order valence-electron chi connectivity index (χ3n) is 0.877. The Bertz CT molecular complexity index is 137. The van der Waals surface area contributed by atoms with Crippen molar-refractivity contribution >= 4 is 49.0 Å². The molecule has 0 N–H and O–H groups in total. The summed E-state index contributed by atoms with van der Waals surface area (Å²) >= 11 is 12.3. The molecule has 1 heterocycles. The summed E-state index contributed by atoms with van der Waals surface area (Å²) in [6.45, 7) is 1.02. The van der Waals surface area contributed by atoms with E-state index in [1.54, 1.807) is 0 Å². The normalized spacial score (nSPS) is 25.3. The van der Waals surface area contributed by atoms with Gasteiger partial charge in [-0.2, -0.15) is 0 Å². The molecular formula is C4H4Cl2O2Sn. The number of ether oxygens (including phenoxy) is 2. The zero-order valence-electron chi connectivity index (χ0n) is 4.49. The Balaban J connectivity index is 2.60. The van der Waals surface area contributed by atoms with E-state index in [4.69, 9.17) is 32.7 Å². The van der Waals surface area contributed by atoms with Crippen LogP contribution in [-0.4, -0.2) is 43.5 Å². The van der Waals surface area contributed by atoms with Gasteiger partial charge in [-0.25, -0.2) is 0 Å². The van der Waals surface area contributed by atoms with E-state index in [0.29, 0.717) is 16.9 Å². The molecule has 2 radical (unpaired) electrons. The summed E-state index contributed by atoms with van der Waals surface area (Å²) in [5, 5.41) is 0. The molecule has 0 saturated carbocycles. The summed E-state index contributed by atoms with van der Waals surface area (Å²) in [6.07, 6.45) is 0. The Morgan fingerprint density at radius 1 is 1.44 bits per heavy atom. The fraction of sp³-hybridized carbons (Fsp3) is 0.750. The summed E-state index contributed by atoms with van der Waals surface area (Å²) in [5.41, 5.74) is 0. The third kappa shape index (κ3) is 1.96. The molecule has 9 heavy (non-hydrogen) atoms. The molecule has 0 aliphatic carbocycles. The molecule has 1 rings (SSSR count). The Morgan fingerprint density at radius 3 is 2.44 bits per heavy atom. The molecule has 0 spiro atoms. The minimum absolute atomic E-state index is 0.463. The van der Waals surface area contributed by atoms with Crippen LogP contribution < -0.4 is 0 Å². The van der Waals surface area contributed by atoms with Crippen molar-refractivity contribution < 1.29 is 9.47 Å². The first-order chi connectivity index (χ1) is 4.13. The summed E-state index contributed by atoms with van der Waals surface area (Å²) in [7, 11) is 0. The van der Waals surface area contributed by atoms with Gasteiger partial charge in [-0.3, -0.25) is 0 Å². The molecule has 0 amide bonds. The van der Waals surface area contributed by atoms with Crippen molar-refractivity contribution in [2.24, 2.45) is 0 Å². The van der Waals surface area contributed by atoms with Gasteiger partial charge >= 0.3 is 76.2 Å². The van der Waals surface area contributed by atoms with Crippen LogP contribution in [0.2, 0.25) is 0 Å². The molecule has 0 bridgehead atoms. The number of hydrogen-bond acceptors (Lipinski definition) is 2. The second-order valence-electron chi connectivity index (χ2n) is 1.54. The predicted octanol–water partition coefficient (Wildman–Crippen LogP) is 0.463. The van der Waals surface area contributed by atoms with Crippen LogP contribution in [0.25, 0.3) is 0 Å². The number of hydrogen-bond donors (Lipinski definition) is 0. The molecule has 0 aromatic rings. The topological polar surface area (TPSA) is 18.5 Å². The quantitative estimate of drug-likeness (QED) is 0.472. The van der Waals surface area contributed by atoms with E-state index >= 15 is 0 Å². The van der Waals surface area contributed by atoms with Crippen molar-refractivity contribution in [1.29, 1.82) is 0 Å². The van der Waals surface area contributed by atoms with E-state index in [1.165, 1.54) is 0 Å². The number of halogens is 2. The van der Waals surface area contributed by atoms with Gasteiger partial charge in [-0.1, -0.05) is 0 Å². The van der Waals surface area contributed by atoms with Crippen LogP contribution in [0.15, 0.2) is 0 Å². The van der Waals surface area contributed by atoms with Gasteiger partial charge in [0.25, 0.3) is 0 Å². The van der Waals surface area contributed by atoms with E-state index in [1.807, 2.05) is 0 Å². The van der Waals surface area contributed by atoms with Gasteiger partial charge in [0.05, 0.1) is 0 Å². The molecule has 50 valence electrons.